The summed E-state index contributed by atoms with van der Waals surface area (Å²) in [4.78, 5) is 22.1. The van der Waals surface area contributed by atoms with E-state index in [2.05, 4.69) is 5.32 Å². The zero-order valence-electron chi connectivity index (χ0n) is 13.4. The molecule has 4 N–H and O–H groups in total. The lowest BCUT2D eigenvalue weighted by Gasteiger charge is -2.12. The van der Waals surface area contributed by atoms with Crippen LogP contribution in [0.5, 0.6) is 11.5 Å². The monoisotopic (exact) mass is 385 g/mol. The van der Waals surface area contributed by atoms with E-state index in [0.717, 1.165) is 0 Å². The van der Waals surface area contributed by atoms with E-state index >= 15 is 0 Å². The fourth-order valence-corrected chi connectivity index (χ4v) is 2.49. The van der Waals surface area contributed by atoms with Crippen molar-refractivity contribution >= 4 is 29.5 Å². The Labute approximate surface area is 150 Å². The topological polar surface area (TPSA) is 93.5 Å². The average Bonchev–Trinajstić information content (AvgIpc) is 2.49. The third-order valence-corrected chi connectivity index (χ3v) is 3.69. The summed E-state index contributed by atoms with van der Waals surface area (Å²) in [7, 11) is 0. The van der Waals surface area contributed by atoms with E-state index in [1.807, 2.05) is 5.32 Å². The van der Waals surface area contributed by atoms with Crippen LogP contribution < -0.4 is 21.1 Å². The number of nitrogens with two attached hydrogens (primary N) is 1. The van der Waals surface area contributed by atoms with Crippen molar-refractivity contribution in [1.82, 2.24) is 5.32 Å². The molecule has 6 nitrogen and oxygen atoms in total. The quantitative estimate of drug-likeness (QED) is 0.671. The predicted molar refractivity (Wildman–Crippen MR) is 91.3 cm³/mol. The largest absolute Gasteiger partial charge is 0.457 e. The van der Waals surface area contributed by atoms with Crippen molar-refractivity contribution in [2.45, 2.75) is 17.3 Å². The number of imide groups is 1. The second kappa shape index (κ2) is 8.00. The van der Waals surface area contributed by atoms with Crippen LogP contribution in [0.2, 0.25) is 0 Å². The van der Waals surface area contributed by atoms with Gasteiger partial charge in [-0.05, 0) is 66.7 Å². The maximum atomic E-state index is 12.3. The molecule has 0 fully saturated rings. The van der Waals surface area contributed by atoms with Crippen LogP contribution in [-0.4, -0.2) is 17.6 Å². The number of benzene rings is 2. The Morgan fingerprint density at radius 3 is 2.31 bits per heavy atom. The van der Waals surface area contributed by atoms with E-state index in [4.69, 9.17) is 10.5 Å². The third-order valence-electron chi connectivity index (χ3n) is 2.95. The van der Waals surface area contributed by atoms with Gasteiger partial charge in [-0.2, -0.15) is 13.2 Å². The molecule has 0 radical (unpaired) electrons. The molecule has 2 aromatic carbocycles. The highest BCUT2D eigenvalue weighted by Crippen LogP contribution is 2.37. The van der Waals surface area contributed by atoms with Crippen LogP contribution in [0.3, 0.4) is 0 Å². The first-order valence-corrected chi connectivity index (χ1v) is 7.96. The zero-order chi connectivity index (χ0) is 19.3. The highest BCUT2D eigenvalue weighted by molar-refractivity contribution is 8.00. The van der Waals surface area contributed by atoms with Crippen LogP contribution in [0.15, 0.2) is 47.4 Å². The predicted octanol–water partition coefficient (Wildman–Crippen LogP) is 4.60. The lowest BCUT2D eigenvalue weighted by Crippen LogP contribution is -2.38. The molecule has 26 heavy (non-hydrogen) atoms. The number of hydrogen-bond acceptors (Lipinski definition) is 4. The minimum atomic E-state index is -4.34. The first-order valence-electron chi connectivity index (χ1n) is 7.14. The number of anilines is 1. The minimum absolute atomic E-state index is 0.0570. The van der Waals surface area contributed by atoms with E-state index < -0.39 is 17.6 Å². The lowest BCUT2D eigenvalue weighted by atomic mass is 10.2. The Balaban J connectivity index is 2.03. The maximum Gasteiger partial charge on any atom is 0.446 e. The van der Waals surface area contributed by atoms with Gasteiger partial charge in [0.25, 0.3) is 0 Å². The van der Waals surface area contributed by atoms with Gasteiger partial charge >= 0.3 is 17.6 Å². The highest BCUT2D eigenvalue weighted by atomic mass is 32.2. The first-order chi connectivity index (χ1) is 12.1. The molecule has 0 unspecified atom stereocenters. The van der Waals surface area contributed by atoms with Crippen molar-refractivity contribution in [2.75, 3.05) is 5.32 Å². The minimum Gasteiger partial charge on any atom is -0.457 e. The first kappa shape index (κ1) is 19.4. The SMILES string of the molecule is Cc1cc(NC(=O)NC(N)=O)ccc1Oc1ccc(SC(F)(F)F)cc1. The second-order valence-corrected chi connectivity index (χ2v) is 6.18. The number of halogens is 3. The van der Waals surface area contributed by atoms with Gasteiger partial charge in [-0.25, -0.2) is 9.59 Å². The fourth-order valence-electron chi connectivity index (χ4n) is 1.95. The molecule has 0 aliphatic rings. The molecule has 138 valence electrons. The zero-order valence-corrected chi connectivity index (χ0v) is 14.2. The van der Waals surface area contributed by atoms with Gasteiger partial charge in [-0.1, -0.05) is 0 Å². The molecule has 0 bridgehead atoms. The van der Waals surface area contributed by atoms with Gasteiger partial charge < -0.3 is 15.8 Å². The Bertz CT molecular complexity index is 811. The third kappa shape index (κ3) is 6.20. The van der Waals surface area contributed by atoms with Crippen molar-refractivity contribution in [1.29, 1.82) is 0 Å². The number of primary amides is 1. The number of rotatable bonds is 4. The summed E-state index contributed by atoms with van der Waals surface area (Å²) in [6, 6.07) is 8.45. The van der Waals surface area contributed by atoms with E-state index in [-0.39, 0.29) is 16.7 Å². The smallest absolute Gasteiger partial charge is 0.446 e. The molecule has 0 aromatic heterocycles. The fraction of sp³-hybridized carbons (Fsp3) is 0.125. The number of nitrogens with one attached hydrogen (secondary N) is 2. The molecular formula is C16H14F3N3O3S. The van der Waals surface area contributed by atoms with Crippen LogP contribution in [0, 0.1) is 6.92 Å². The number of carbonyl (C=O) groups is 2. The molecule has 0 heterocycles. The van der Waals surface area contributed by atoms with Crippen LogP contribution in [0.1, 0.15) is 5.56 Å². The Hall–Kier alpha value is -2.88. The Morgan fingerprint density at radius 2 is 1.77 bits per heavy atom. The second-order valence-electron chi connectivity index (χ2n) is 5.04. The molecule has 0 spiro atoms. The van der Waals surface area contributed by atoms with Crippen molar-refractivity contribution in [2.24, 2.45) is 5.73 Å². The molecule has 0 aliphatic carbocycles. The summed E-state index contributed by atoms with van der Waals surface area (Å²) in [5, 5.41) is 4.28. The number of urea groups is 2. The summed E-state index contributed by atoms with van der Waals surface area (Å²) in [6.07, 6.45) is 0. The number of carbonyl (C=O) groups excluding carboxylic acids is 2. The van der Waals surface area contributed by atoms with Crippen molar-refractivity contribution < 1.29 is 27.5 Å². The molecule has 2 aromatic rings. The number of amides is 4. The maximum absolute atomic E-state index is 12.3. The molecule has 0 saturated heterocycles. The van der Waals surface area contributed by atoms with E-state index in [1.54, 1.807) is 19.1 Å². The summed E-state index contributed by atoms with van der Waals surface area (Å²) >= 11 is -0.204. The molecule has 0 atom stereocenters. The lowest BCUT2D eigenvalue weighted by molar-refractivity contribution is -0.0328. The summed E-state index contributed by atoms with van der Waals surface area (Å²) in [5.41, 5.74) is 1.56. The van der Waals surface area contributed by atoms with Crippen LogP contribution in [-0.2, 0) is 0 Å². The van der Waals surface area contributed by atoms with Crippen molar-refractivity contribution in [3.8, 4) is 11.5 Å². The number of hydrogen-bond donors (Lipinski definition) is 3. The average molecular weight is 385 g/mol. The Kier molecular flexibility index (Phi) is 5.98. The molecule has 4 amide bonds. The van der Waals surface area contributed by atoms with E-state index in [1.165, 1.54) is 30.3 Å². The van der Waals surface area contributed by atoms with Gasteiger partial charge in [0.05, 0.1) is 0 Å². The number of aryl methyl sites for hydroxylation is 1. The van der Waals surface area contributed by atoms with Gasteiger partial charge in [0, 0.05) is 10.6 Å². The van der Waals surface area contributed by atoms with Gasteiger partial charge in [-0.15, -0.1) is 0 Å². The number of alkyl halides is 3. The van der Waals surface area contributed by atoms with Crippen LogP contribution in [0.25, 0.3) is 0 Å². The molecule has 10 heteroatoms. The van der Waals surface area contributed by atoms with Crippen molar-refractivity contribution in [3.05, 3.63) is 48.0 Å². The van der Waals surface area contributed by atoms with Crippen LogP contribution >= 0.6 is 11.8 Å². The molecular weight excluding hydrogens is 371 g/mol. The van der Waals surface area contributed by atoms with Gasteiger partial charge in [0.15, 0.2) is 0 Å². The standard InChI is InChI=1S/C16H14F3N3O3S/c1-9-8-10(21-15(24)22-14(20)23)2-7-13(9)25-11-3-5-12(6-4-11)26-16(17,18)19/h2-8H,1H3,(H4,20,21,22,23,24). The highest BCUT2D eigenvalue weighted by Gasteiger charge is 2.29. The van der Waals surface area contributed by atoms with Crippen molar-refractivity contribution in [3.63, 3.8) is 0 Å². The van der Waals surface area contributed by atoms with Gasteiger partial charge in [0.1, 0.15) is 11.5 Å². The normalized spacial score (nSPS) is 10.9. The molecule has 0 aliphatic heterocycles. The number of ether oxygens (including phenoxy) is 1. The van der Waals surface area contributed by atoms with E-state index in [0.29, 0.717) is 22.7 Å². The van der Waals surface area contributed by atoms with E-state index in [9.17, 15) is 22.8 Å². The van der Waals surface area contributed by atoms with Gasteiger partial charge in [0.2, 0.25) is 0 Å². The molecule has 2 rings (SSSR count). The number of thioether (sulfide) groups is 1. The molecule has 0 saturated carbocycles. The van der Waals surface area contributed by atoms with Gasteiger partial charge in [-0.3, -0.25) is 5.32 Å². The summed E-state index contributed by atoms with van der Waals surface area (Å²) < 4.78 is 42.6. The Morgan fingerprint density at radius 1 is 1.12 bits per heavy atom. The van der Waals surface area contributed by atoms with Crippen LogP contribution in [0.4, 0.5) is 28.4 Å². The summed E-state index contributed by atoms with van der Waals surface area (Å²) in [6.45, 7) is 1.72. The summed E-state index contributed by atoms with van der Waals surface area (Å²) in [5.74, 6) is 0.828.